The number of fused-ring (bicyclic) bond motifs is 2. The van der Waals surface area contributed by atoms with Crippen molar-refractivity contribution in [3.8, 4) is 11.8 Å². The summed E-state index contributed by atoms with van der Waals surface area (Å²) in [5.41, 5.74) is 3.53. The lowest BCUT2D eigenvalue weighted by molar-refractivity contribution is -0.154. The molecule has 8 nitrogen and oxygen atoms in total. The highest BCUT2D eigenvalue weighted by Crippen LogP contribution is 2.29. The van der Waals surface area contributed by atoms with E-state index in [0.717, 1.165) is 27.2 Å². The smallest absolute Gasteiger partial charge is 0.306 e. The van der Waals surface area contributed by atoms with E-state index < -0.39 is 18.0 Å². The minimum Gasteiger partial charge on any atom is -0.463 e. The zero-order chi connectivity index (χ0) is 25.3. The fourth-order valence-electron chi connectivity index (χ4n) is 3.88. The molecule has 1 atom stereocenters. The van der Waals surface area contributed by atoms with Crippen molar-refractivity contribution in [1.82, 2.24) is 4.90 Å². The quantitative estimate of drug-likeness (QED) is 0.220. The fraction of sp³-hybridized carbons (Fsp3) is 0.286. The Morgan fingerprint density at radius 3 is 2.31 bits per heavy atom. The molecule has 0 fully saturated rings. The van der Waals surface area contributed by atoms with Crippen LogP contribution >= 0.6 is 0 Å². The number of hydrogen-bond acceptors (Lipinski definition) is 7. The molecule has 2 aromatic carbocycles. The monoisotopic (exact) mass is 487 g/mol. The first kappa shape index (κ1) is 24.9. The molecule has 0 spiro atoms. The zero-order valence-electron chi connectivity index (χ0n) is 19.6. The van der Waals surface area contributed by atoms with Crippen LogP contribution in [-0.4, -0.2) is 55.0 Å². The molecule has 184 valence electrons. The van der Waals surface area contributed by atoms with Crippen LogP contribution in [0.2, 0.25) is 0 Å². The highest BCUT2D eigenvalue weighted by atomic mass is 16.6. The van der Waals surface area contributed by atoms with Gasteiger partial charge in [0.25, 0.3) is 11.8 Å². The van der Waals surface area contributed by atoms with Crippen LogP contribution in [-0.2, 0) is 39.8 Å². The molecule has 0 N–H and O–H groups in total. The minimum atomic E-state index is -0.543. The van der Waals surface area contributed by atoms with Gasteiger partial charge in [-0.25, -0.2) is 0 Å². The molecule has 2 aromatic rings. The summed E-state index contributed by atoms with van der Waals surface area (Å²) in [7, 11) is 0. The second-order valence-corrected chi connectivity index (χ2v) is 8.17. The molecule has 36 heavy (non-hydrogen) atoms. The van der Waals surface area contributed by atoms with Gasteiger partial charge in [0.05, 0.1) is 32.6 Å². The van der Waals surface area contributed by atoms with Gasteiger partial charge >= 0.3 is 11.9 Å². The molecule has 1 aliphatic heterocycles. The van der Waals surface area contributed by atoms with Gasteiger partial charge in [-0.3, -0.25) is 24.1 Å². The summed E-state index contributed by atoms with van der Waals surface area (Å²) in [5.74, 6) is 4.57. The summed E-state index contributed by atoms with van der Waals surface area (Å²) in [6.07, 6.45) is 2.15. The Morgan fingerprint density at radius 2 is 1.50 bits per heavy atom. The van der Waals surface area contributed by atoms with Crippen molar-refractivity contribution >= 4 is 23.8 Å². The van der Waals surface area contributed by atoms with E-state index >= 15 is 0 Å². The molecule has 4 rings (SSSR count). The number of imide groups is 1. The molecule has 0 saturated carbocycles. The molecule has 0 aromatic heterocycles. The van der Waals surface area contributed by atoms with Crippen LogP contribution in [0.3, 0.4) is 0 Å². The van der Waals surface area contributed by atoms with Gasteiger partial charge in [0.1, 0.15) is 12.7 Å². The lowest BCUT2D eigenvalue weighted by atomic mass is 9.92. The number of rotatable bonds is 10. The van der Waals surface area contributed by atoms with E-state index in [4.69, 9.17) is 14.2 Å². The maximum Gasteiger partial charge on any atom is 0.306 e. The largest absolute Gasteiger partial charge is 0.463 e. The Bertz CT molecular complexity index is 1240. The van der Waals surface area contributed by atoms with Crippen molar-refractivity contribution < 1.29 is 33.4 Å². The summed E-state index contributed by atoms with van der Waals surface area (Å²) in [5, 5.41) is 0. The van der Waals surface area contributed by atoms with Crippen LogP contribution in [0, 0.1) is 11.8 Å². The molecule has 2 aliphatic rings. The average Bonchev–Trinajstić information content (AvgIpc) is 3.19. The van der Waals surface area contributed by atoms with Crippen LogP contribution in [0.4, 0.5) is 0 Å². The Kier molecular flexibility index (Phi) is 8.27. The summed E-state index contributed by atoms with van der Waals surface area (Å²) in [6, 6.07) is 15.3. The third-order valence-corrected chi connectivity index (χ3v) is 5.72. The number of nitrogens with zero attached hydrogens (tertiary/aromatic N) is 1. The molecule has 1 aliphatic carbocycles. The third-order valence-electron chi connectivity index (χ3n) is 5.72. The predicted molar refractivity (Wildman–Crippen MR) is 128 cm³/mol. The van der Waals surface area contributed by atoms with E-state index in [9.17, 15) is 19.2 Å². The molecule has 2 amide bonds. The SMILES string of the molecule is O=C(CCC(=O)OC1Cc2ccccc2C#Cc2ccccc21)OCCOCCN1C(=O)C=CC1=O. The lowest BCUT2D eigenvalue weighted by Gasteiger charge is -2.21. The van der Waals surface area contributed by atoms with Crippen molar-refractivity contribution in [2.75, 3.05) is 26.4 Å². The Labute approximate surface area is 208 Å². The van der Waals surface area contributed by atoms with Gasteiger partial charge in [0.15, 0.2) is 0 Å². The molecular weight excluding hydrogens is 462 g/mol. The highest BCUT2D eigenvalue weighted by Gasteiger charge is 2.24. The number of ether oxygens (including phenoxy) is 3. The van der Waals surface area contributed by atoms with Gasteiger partial charge in [-0.1, -0.05) is 48.2 Å². The normalized spacial score (nSPS) is 15.8. The highest BCUT2D eigenvalue weighted by molar-refractivity contribution is 6.12. The number of amides is 2. The van der Waals surface area contributed by atoms with E-state index in [1.54, 1.807) is 0 Å². The summed E-state index contributed by atoms with van der Waals surface area (Å²) >= 11 is 0. The van der Waals surface area contributed by atoms with Gasteiger partial charge < -0.3 is 14.2 Å². The second-order valence-electron chi connectivity index (χ2n) is 8.17. The lowest BCUT2D eigenvalue weighted by Crippen LogP contribution is -2.33. The maximum atomic E-state index is 12.6. The molecule has 0 saturated heterocycles. The van der Waals surface area contributed by atoms with Gasteiger partial charge in [-0.05, 0) is 17.7 Å². The second kappa shape index (κ2) is 12.0. The first-order chi connectivity index (χ1) is 17.5. The van der Waals surface area contributed by atoms with E-state index in [0.29, 0.717) is 6.42 Å². The number of carbonyl (C=O) groups excluding carboxylic acids is 4. The number of benzene rings is 2. The van der Waals surface area contributed by atoms with E-state index in [-0.39, 0.29) is 51.0 Å². The third kappa shape index (κ3) is 6.46. The summed E-state index contributed by atoms with van der Waals surface area (Å²) < 4.78 is 16.2. The molecular formula is C28H25NO7. The standard InChI is InChI=1S/C28H25NO7/c30-25-11-12-26(31)29(25)15-16-34-17-18-35-27(32)13-14-28(33)36-24-19-22-7-2-1-5-20(22)9-10-21-6-3-4-8-23(21)24/h1-8,11-12,24H,13-19H2. The number of carbonyl (C=O) groups is 4. The van der Waals surface area contributed by atoms with Gasteiger partial charge in [0, 0.05) is 35.3 Å². The molecule has 0 radical (unpaired) electrons. The van der Waals surface area contributed by atoms with Gasteiger partial charge in [0.2, 0.25) is 0 Å². The van der Waals surface area contributed by atoms with Crippen LogP contribution in [0.25, 0.3) is 0 Å². The molecule has 0 bridgehead atoms. The van der Waals surface area contributed by atoms with Crippen LogP contribution in [0.5, 0.6) is 0 Å². The van der Waals surface area contributed by atoms with E-state index in [1.807, 2.05) is 48.5 Å². The molecule has 1 heterocycles. The Morgan fingerprint density at radius 1 is 0.833 bits per heavy atom. The molecule has 1 unspecified atom stereocenters. The first-order valence-corrected chi connectivity index (χ1v) is 11.7. The van der Waals surface area contributed by atoms with Crippen molar-refractivity contribution in [3.05, 3.63) is 82.9 Å². The maximum absolute atomic E-state index is 12.6. The Hall–Kier alpha value is -4.22. The fourth-order valence-corrected chi connectivity index (χ4v) is 3.88. The summed E-state index contributed by atoms with van der Waals surface area (Å²) in [4.78, 5) is 48.5. The van der Waals surface area contributed by atoms with Crippen LogP contribution in [0.1, 0.15) is 41.2 Å². The van der Waals surface area contributed by atoms with E-state index in [2.05, 4.69) is 11.8 Å². The van der Waals surface area contributed by atoms with Crippen LogP contribution < -0.4 is 0 Å². The van der Waals surface area contributed by atoms with Crippen LogP contribution in [0.15, 0.2) is 60.7 Å². The average molecular weight is 488 g/mol. The Balaban J connectivity index is 1.20. The first-order valence-electron chi connectivity index (χ1n) is 11.7. The predicted octanol–water partition coefficient (Wildman–Crippen LogP) is 2.49. The minimum absolute atomic E-state index is 0.000518. The summed E-state index contributed by atoms with van der Waals surface area (Å²) in [6.45, 7) is 0.378. The van der Waals surface area contributed by atoms with Crippen molar-refractivity contribution in [2.45, 2.75) is 25.4 Å². The van der Waals surface area contributed by atoms with Gasteiger partial charge in [-0.15, -0.1) is 0 Å². The topological polar surface area (TPSA) is 99.2 Å². The van der Waals surface area contributed by atoms with Crippen molar-refractivity contribution in [3.63, 3.8) is 0 Å². The van der Waals surface area contributed by atoms with Crippen molar-refractivity contribution in [1.29, 1.82) is 0 Å². The number of esters is 2. The van der Waals surface area contributed by atoms with Gasteiger partial charge in [-0.2, -0.15) is 0 Å². The van der Waals surface area contributed by atoms with E-state index in [1.165, 1.54) is 12.2 Å². The number of hydrogen-bond donors (Lipinski definition) is 0. The van der Waals surface area contributed by atoms with Crippen molar-refractivity contribution in [2.24, 2.45) is 0 Å². The zero-order valence-corrected chi connectivity index (χ0v) is 19.6. The molecule has 8 heteroatoms.